The summed E-state index contributed by atoms with van der Waals surface area (Å²) in [5.74, 6) is -0.357. The predicted molar refractivity (Wildman–Crippen MR) is 128 cm³/mol. The molecular formula is C23H28Cl2N2O3S. The zero-order valence-electron chi connectivity index (χ0n) is 18.0. The third kappa shape index (κ3) is 5.54. The number of nitrogens with one attached hydrogen (secondary N) is 1. The highest BCUT2D eigenvalue weighted by Crippen LogP contribution is 2.31. The molecule has 0 saturated heterocycles. The molecule has 8 heteroatoms. The number of anilines is 1. The van der Waals surface area contributed by atoms with Gasteiger partial charge in [0.25, 0.3) is 0 Å². The largest absolute Gasteiger partial charge is 0.348 e. The first-order valence-electron chi connectivity index (χ1n) is 10.5. The lowest BCUT2D eigenvalue weighted by Crippen LogP contribution is -2.49. The molecule has 0 bridgehead atoms. The number of halogens is 2. The van der Waals surface area contributed by atoms with Crippen LogP contribution in [0.2, 0.25) is 10.0 Å². The highest BCUT2D eigenvalue weighted by atomic mass is 35.5. The summed E-state index contributed by atoms with van der Waals surface area (Å²) in [7, 11) is -3.75. The minimum Gasteiger partial charge on any atom is -0.348 e. The van der Waals surface area contributed by atoms with E-state index in [1.807, 2.05) is 13.0 Å². The minimum atomic E-state index is -3.75. The standard InChI is InChI=1S/C23H28Cl2N2O3S/c1-4-22(27(31(3,29)30)19-11-12-20(24)21(25)14-19)23(28)26-15(2)17-10-9-16-7-5-6-8-18(16)13-17/h9-15,22H,4-8H2,1-3H3,(H,26,28)/t15-,22-/m1/s1. The van der Waals surface area contributed by atoms with Crippen LogP contribution < -0.4 is 9.62 Å². The molecule has 1 amide bonds. The maximum atomic E-state index is 13.2. The Bertz CT molecular complexity index is 1070. The zero-order chi connectivity index (χ0) is 22.8. The Hall–Kier alpha value is -1.76. The van der Waals surface area contributed by atoms with Gasteiger partial charge in [-0.2, -0.15) is 0 Å². The first-order valence-corrected chi connectivity index (χ1v) is 13.1. The molecule has 1 aliphatic rings. The number of hydrogen-bond donors (Lipinski definition) is 1. The fourth-order valence-electron chi connectivity index (χ4n) is 4.10. The molecule has 0 radical (unpaired) electrons. The van der Waals surface area contributed by atoms with Crippen molar-refractivity contribution in [2.75, 3.05) is 10.6 Å². The van der Waals surface area contributed by atoms with Gasteiger partial charge in [-0.15, -0.1) is 0 Å². The Morgan fingerprint density at radius 2 is 1.74 bits per heavy atom. The van der Waals surface area contributed by atoms with Crippen LogP contribution in [0.3, 0.4) is 0 Å². The van der Waals surface area contributed by atoms with E-state index in [2.05, 4.69) is 17.4 Å². The van der Waals surface area contributed by atoms with Crippen molar-refractivity contribution in [1.29, 1.82) is 0 Å². The van der Waals surface area contributed by atoms with Crippen molar-refractivity contribution >= 4 is 44.8 Å². The number of rotatable bonds is 7. The van der Waals surface area contributed by atoms with Crippen LogP contribution in [0.4, 0.5) is 5.69 Å². The summed E-state index contributed by atoms with van der Waals surface area (Å²) in [4.78, 5) is 13.2. The molecule has 168 valence electrons. The van der Waals surface area contributed by atoms with Crippen LogP contribution in [-0.2, 0) is 27.7 Å². The smallest absolute Gasteiger partial charge is 0.244 e. The minimum absolute atomic E-state index is 0.227. The average Bonchev–Trinajstić information content (AvgIpc) is 2.72. The number of carbonyl (C=O) groups is 1. The van der Waals surface area contributed by atoms with Crippen molar-refractivity contribution < 1.29 is 13.2 Å². The third-order valence-corrected chi connectivity index (χ3v) is 7.64. The van der Waals surface area contributed by atoms with E-state index in [0.29, 0.717) is 17.1 Å². The number of fused-ring (bicyclic) bond motifs is 1. The van der Waals surface area contributed by atoms with Gasteiger partial charge in [0.1, 0.15) is 6.04 Å². The van der Waals surface area contributed by atoms with Crippen molar-refractivity contribution in [1.82, 2.24) is 5.32 Å². The van der Waals surface area contributed by atoms with Crippen molar-refractivity contribution in [3.05, 3.63) is 63.1 Å². The summed E-state index contributed by atoms with van der Waals surface area (Å²) in [5.41, 5.74) is 4.04. The van der Waals surface area contributed by atoms with Crippen LogP contribution in [0.25, 0.3) is 0 Å². The lowest BCUT2D eigenvalue weighted by Gasteiger charge is -2.31. The molecule has 0 unspecified atom stereocenters. The number of carbonyl (C=O) groups excluding carboxylic acids is 1. The normalized spacial score (nSPS) is 15.6. The molecule has 0 saturated carbocycles. The Balaban J connectivity index is 1.85. The van der Waals surface area contributed by atoms with Crippen molar-refractivity contribution in [2.24, 2.45) is 0 Å². The van der Waals surface area contributed by atoms with Crippen LogP contribution in [0.15, 0.2) is 36.4 Å². The van der Waals surface area contributed by atoms with E-state index < -0.39 is 16.1 Å². The van der Waals surface area contributed by atoms with Crippen molar-refractivity contribution in [3.8, 4) is 0 Å². The van der Waals surface area contributed by atoms with Crippen LogP contribution in [0, 0.1) is 0 Å². The molecule has 3 rings (SSSR count). The van der Waals surface area contributed by atoms with Gasteiger partial charge in [-0.05, 0) is 73.9 Å². The molecule has 2 aromatic rings. The number of nitrogens with zero attached hydrogens (tertiary/aromatic N) is 1. The fraction of sp³-hybridized carbons (Fsp3) is 0.435. The van der Waals surface area contributed by atoms with Gasteiger partial charge in [0.05, 0.1) is 28.0 Å². The SMILES string of the molecule is CC[C@H](C(=O)N[C@H](C)c1ccc2c(c1)CCCC2)N(c1ccc(Cl)c(Cl)c1)S(C)(=O)=O. The van der Waals surface area contributed by atoms with Gasteiger partial charge in [-0.3, -0.25) is 9.10 Å². The van der Waals surface area contributed by atoms with E-state index in [0.717, 1.165) is 29.0 Å². The summed E-state index contributed by atoms with van der Waals surface area (Å²) < 4.78 is 26.4. The van der Waals surface area contributed by atoms with E-state index in [1.165, 1.54) is 36.1 Å². The van der Waals surface area contributed by atoms with Crippen LogP contribution in [0.5, 0.6) is 0 Å². The average molecular weight is 483 g/mol. The van der Waals surface area contributed by atoms with Crippen molar-refractivity contribution in [3.63, 3.8) is 0 Å². The first-order chi connectivity index (χ1) is 14.6. The van der Waals surface area contributed by atoms with E-state index in [1.54, 1.807) is 13.0 Å². The van der Waals surface area contributed by atoms with Gasteiger partial charge in [0, 0.05) is 0 Å². The van der Waals surface area contributed by atoms with Gasteiger partial charge in [0.2, 0.25) is 15.9 Å². The van der Waals surface area contributed by atoms with Gasteiger partial charge in [0.15, 0.2) is 0 Å². The fourth-order valence-corrected chi connectivity index (χ4v) is 5.59. The zero-order valence-corrected chi connectivity index (χ0v) is 20.3. The number of hydrogen-bond acceptors (Lipinski definition) is 3. The summed E-state index contributed by atoms with van der Waals surface area (Å²) in [6, 6.07) is 9.74. The second-order valence-electron chi connectivity index (χ2n) is 8.05. The molecule has 0 spiro atoms. The molecule has 31 heavy (non-hydrogen) atoms. The molecular weight excluding hydrogens is 455 g/mol. The monoisotopic (exact) mass is 482 g/mol. The van der Waals surface area contributed by atoms with E-state index >= 15 is 0 Å². The van der Waals surface area contributed by atoms with Crippen molar-refractivity contribution in [2.45, 2.75) is 58.0 Å². The number of aryl methyl sites for hydroxylation is 2. The lowest BCUT2D eigenvalue weighted by molar-refractivity contribution is -0.122. The van der Waals surface area contributed by atoms with E-state index in [-0.39, 0.29) is 17.0 Å². The summed E-state index contributed by atoms with van der Waals surface area (Å²) in [6.45, 7) is 3.70. The number of sulfonamides is 1. The first kappa shape index (κ1) is 23.9. The van der Waals surface area contributed by atoms with Crippen LogP contribution in [-0.4, -0.2) is 26.6 Å². The Morgan fingerprint density at radius 3 is 2.35 bits per heavy atom. The molecule has 0 aliphatic heterocycles. The second kappa shape index (κ2) is 9.80. The molecule has 2 atom stereocenters. The maximum Gasteiger partial charge on any atom is 0.244 e. The summed E-state index contributed by atoms with van der Waals surface area (Å²) in [5, 5.41) is 3.54. The van der Waals surface area contributed by atoms with Gasteiger partial charge < -0.3 is 5.32 Å². The summed E-state index contributed by atoms with van der Waals surface area (Å²) >= 11 is 12.1. The van der Waals surface area contributed by atoms with Crippen LogP contribution >= 0.6 is 23.2 Å². The van der Waals surface area contributed by atoms with E-state index in [4.69, 9.17) is 23.2 Å². The molecule has 2 aromatic carbocycles. The summed E-state index contributed by atoms with van der Waals surface area (Å²) in [6.07, 6.45) is 5.94. The van der Waals surface area contributed by atoms with E-state index in [9.17, 15) is 13.2 Å². The molecule has 1 aliphatic carbocycles. The van der Waals surface area contributed by atoms with Gasteiger partial charge in [-0.1, -0.05) is 48.3 Å². The Morgan fingerprint density at radius 1 is 1.06 bits per heavy atom. The third-order valence-electron chi connectivity index (χ3n) is 5.72. The molecule has 5 nitrogen and oxygen atoms in total. The highest BCUT2D eigenvalue weighted by molar-refractivity contribution is 7.92. The predicted octanol–water partition coefficient (Wildman–Crippen LogP) is 5.29. The second-order valence-corrected chi connectivity index (χ2v) is 10.7. The van der Waals surface area contributed by atoms with Crippen LogP contribution in [0.1, 0.15) is 55.8 Å². The number of amides is 1. The Kier molecular flexibility index (Phi) is 7.55. The molecule has 0 aromatic heterocycles. The molecule has 0 fully saturated rings. The topological polar surface area (TPSA) is 66.5 Å². The van der Waals surface area contributed by atoms with Gasteiger partial charge >= 0.3 is 0 Å². The number of benzene rings is 2. The molecule has 0 heterocycles. The maximum absolute atomic E-state index is 13.2. The Labute approximate surface area is 194 Å². The molecule has 1 N–H and O–H groups in total. The quantitative estimate of drug-likeness (QED) is 0.582. The van der Waals surface area contributed by atoms with Gasteiger partial charge in [-0.25, -0.2) is 8.42 Å². The lowest BCUT2D eigenvalue weighted by atomic mass is 9.89. The highest BCUT2D eigenvalue weighted by Gasteiger charge is 2.32.